The Bertz CT molecular complexity index is 1390. The van der Waals surface area contributed by atoms with Crippen molar-refractivity contribution in [3.8, 4) is 11.1 Å². The molecule has 0 spiro atoms. The van der Waals surface area contributed by atoms with Crippen LogP contribution in [0.2, 0.25) is 0 Å². The van der Waals surface area contributed by atoms with Gasteiger partial charge in [-0.2, -0.15) is 0 Å². The maximum Gasteiger partial charge on any atom is 0.0159 e. The summed E-state index contributed by atoms with van der Waals surface area (Å²) in [4.78, 5) is 0. The number of benzene rings is 5. The van der Waals surface area contributed by atoms with Crippen LogP contribution in [-0.4, -0.2) is 0 Å². The zero-order chi connectivity index (χ0) is 18.2. The molecule has 5 aromatic rings. The molecule has 0 bridgehead atoms. The summed E-state index contributed by atoms with van der Waals surface area (Å²) in [5, 5.41) is 8.01. The number of hydrogen-bond donors (Lipinski definition) is 0. The molecular formula is C27H20. The first-order chi connectivity index (χ1) is 13.1. The van der Waals surface area contributed by atoms with Crippen LogP contribution < -0.4 is 0 Å². The van der Waals surface area contributed by atoms with Crippen LogP contribution in [-0.2, 0) is 5.41 Å². The van der Waals surface area contributed by atoms with Crippen LogP contribution in [0.1, 0.15) is 25.0 Å². The van der Waals surface area contributed by atoms with Crippen LogP contribution in [0.15, 0.2) is 84.9 Å². The van der Waals surface area contributed by atoms with Crippen LogP contribution in [0.4, 0.5) is 0 Å². The van der Waals surface area contributed by atoms with E-state index in [-0.39, 0.29) is 5.41 Å². The highest BCUT2D eigenvalue weighted by molar-refractivity contribution is 6.14. The minimum absolute atomic E-state index is 0.0224. The number of hydrogen-bond acceptors (Lipinski definition) is 0. The van der Waals surface area contributed by atoms with Crippen molar-refractivity contribution in [3.05, 3.63) is 96.1 Å². The molecule has 1 aliphatic carbocycles. The molecule has 0 saturated heterocycles. The van der Waals surface area contributed by atoms with E-state index in [1.807, 2.05) is 0 Å². The summed E-state index contributed by atoms with van der Waals surface area (Å²) in [6.45, 7) is 4.72. The molecule has 0 saturated carbocycles. The van der Waals surface area contributed by atoms with Crippen LogP contribution >= 0.6 is 0 Å². The van der Waals surface area contributed by atoms with Gasteiger partial charge in [0.05, 0.1) is 0 Å². The summed E-state index contributed by atoms with van der Waals surface area (Å²) in [6, 6.07) is 31.5. The Morgan fingerprint density at radius 1 is 0.519 bits per heavy atom. The maximum absolute atomic E-state index is 2.40. The summed E-state index contributed by atoms with van der Waals surface area (Å²) in [5.41, 5.74) is 5.72. The van der Waals surface area contributed by atoms with Gasteiger partial charge >= 0.3 is 0 Å². The smallest absolute Gasteiger partial charge is 0.0159 e. The minimum Gasteiger partial charge on any atom is -0.0616 e. The van der Waals surface area contributed by atoms with E-state index >= 15 is 0 Å². The molecule has 0 radical (unpaired) electrons. The Hall–Kier alpha value is -3.12. The van der Waals surface area contributed by atoms with Crippen LogP contribution in [0.5, 0.6) is 0 Å². The van der Waals surface area contributed by atoms with E-state index in [0.717, 1.165) is 0 Å². The normalized spacial score (nSPS) is 14.6. The summed E-state index contributed by atoms with van der Waals surface area (Å²) in [5.74, 6) is 0. The van der Waals surface area contributed by atoms with Gasteiger partial charge in [0.25, 0.3) is 0 Å². The van der Waals surface area contributed by atoms with Gasteiger partial charge in [0.15, 0.2) is 0 Å². The fourth-order valence-electron chi connectivity index (χ4n) is 5.01. The van der Waals surface area contributed by atoms with Gasteiger partial charge in [0.2, 0.25) is 0 Å². The average Bonchev–Trinajstić information content (AvgIpc) is 2.93. The van der Waals surface area contributed by atoms with Gasteiger partial charge in [-0.05, 0) is 66.7 Å². The van der Waals surface area contributed by atoms with Crippen molar-refractivity contribution >= 4 is 32.3 Å². The quantitative estimate of drug-likeness (QED) is 0.256. The lowest BCUT2D eigenvalue weighted by Crippen LogP contribution is -2.14. The van der Waals surface area contributed by atoms with Crippen molar-refractivity contribution in [1.29, 1.82) is 0 Å². The van der Waals surface area contributed by atoms with Crippen molar-refractivity contribution in [2.24, 2.45) is 0 Å². The zero-order valence-corrected chi connectivity index (χ0v) is 15.6. The third kappa shape index (κ3) is 1.88. The average molecular weight is 344 g/mol. The van der Waals surface area contributed by atoms with E-state index in [1.165, 1.54) is 54.6 Å². The van der Waals surface area contributed by atoms with Gasteiger partial charge in [-0.1, -0.05) is 86.6 Å². The monoisotopic (exact) mass is 344 g/mol. The molecule has 27 heavy (non-hydrogen) atoms. The Morgan fingerprint density at radius 3 is 2.00 bits per heavy atom. The van der Waals surface area contributed by atoms with Crippen LogP contribution in [0.3, 0.4) is 0 Å². The molecule has 0 unspecified atom stereocenters. The molecule has 0 amide bonds. The minimum atomic E-state index is 0.0224. The molecule has 0 N–H and O–H groups in total. The molecule has 0 fully saturated rings. The van der Waals surface area contributed by atoms with Crippen molar-refractivity contribution in [3.63, 3.8) is 0 Å². The Labute approximate surface area is 159 Å². The highest BCUT2D eigenvalue weighted by atomic mass is 14.4. The lowest BCUT2D eigenvalue weighted by Gasteiger charge is -2.22. The summed E-state index contributed by atoms with van der Waals surface area (Å²) < 4.78 is 0. The second-order valence-electron chi connectivity index (χ2n) is 8.24. The topological polar surface area (TPSA) is 0 Å². The predicted molar refractivity (Wildman–Crippen MR) is 117 cm³/mol. The fourth-order valence-corrected chi connectivity index (χ4v) is 5.01. The Kier molecular flexibility index (Phi) is 2.77. The van der Waals surface area contributed by atoms with Gasteiger partial charge in [0.1, 0.15) is 0 Å². The Balaban J connectivity index is 1.80. The third-order valence-corrected chi connectivity index (χ3v) is 6.43. The first-order valence-electron chi connectivity index (χ1n) is 9.63. The molecule has 0 heteroatoms. The van der Waals surface area contributed by atoms with Crippen molar-refractivity contribution in [2.75, 3.05) is 0 Å². The van der Waals surface area contributed by atoms with Gasteiger partial charge in [-0.25, -0.2) is 0 Å². The highest BCUT2D eigenvalue weighted by Crippen LogP contribution is 2.52. The molecular weight excluding hydrogens is 324 g/mol. The van der Waals surface area contributed by atoms with Crippen molar-refractivity contribution < 1.29 is 0 Å². The SMILES string of the molecule is CC1(C)c2cc3ccccc3cc2-c2c1ccc1c2ccc2ccccc21. The molecule has 1 aliphatic rings. The standard InChI is InChI=1S/C27H20/c1-27(2)24-14-13-21-20-10-6-5-7-17(20)11-12-22(21)26(24)23-15-18-8-3-4-9-19(18)16-25(23)27/h3-16H,1-2H3. The van der Waals surface area contributed by atoms with E-state index in [0.29, 0.717) is 0 Å². The molecule has 6 rings (SSSR count). The Morgan fingerprint density at radius 2 is 1.19 bits per heavy atom. The predicted octanol–water partition coefficient (Wildman–Crippen LogP) is 7.45. The summed E-state index contributed by atoms with van der Waals surface area (Å²) in [6.07, 6.45) is 0. The summed E-state index contributed by atoms with van der Waals surface area (Å²) in [7, 11) is 0. The third-order valence-electron chi connectivity index (χ3n) is 6.43. The van der Waals surface area contributed by atoms with Crippen LogP contribution in [0.25, 0.3) is 43.4 Å². The van der Waals surface area contributed by atoms with Gasteiger partial charge in [-0.3, -0.25) is 0 Å². The van der Waals surface area contributed by atoms with Gasteiger partial charge in [-0.15, -0.1) is 0 Å². The first kappa shape index (κ1) is 15.0. The van der Waals surface area contributed by atoms with Crippen molar-refractivity contribution in [1.82, 2.24) is 0 Å². The van der Waals surface area contributed by atoms with E-state index in [9.17, 15) is 0 Å². The summed E-state index contributed by atoms with van der Waals surface area (Å²) >= 11 is 0. The molecule has 0 aliphatic heterocycles. The molecule has 0 nitrogen and oxygen atoms in total. The lowest BCUT2D eigenvalue weighted by atomic mass is 9.81. The largest absolute Gasteiger partial charge is 0.0616 e. The van der Waals surface area contributed by atoms with E-state index < -0.39 is 0 Å². The van der Waals surface area contributed by atoms with E-state index in [4.69, 9.17) is 0 Å². The van der Waals surface area contributed by atoms with Gasteiger partial charge in [0, 0.05) is 5.41 Å². The molecule has 0 heterocycles. The second kappa shape index (κ2) is 4.98. The van der Waals surface area contributed by atoms with Crippen LogP contribution in [0, 0.1) is 0 Å². The van der Waals surface area contributed by atoms with Gasteiger partial charge < -0.3 is 0 Å². The first-order valence-corrected chi connectivity index (χ1v) is 9.63. The van der Waals surface area contributed by atoms with E-state index in [2.05, 4.69) is 98.8 Å². The van der Waals surface area contributed by atoms with E-state index in [1.54, 1.807) is 0 Å². The number of rotatable bonds is 0. The highest BCUT2D eigenvalue weighted by Gasteiger charge is 2.36. The second-order valence-corrected chi connectivity index (χ2v) is 8.24. The lowest BCUT2D eigenvalue weighted by molar-refractivity contribution is 0.661. The number of fused-ring (bicyclic) bond motifs is 8. The molecule has 0 aromatic heterocycles. The van der Waals surface area contributed by atoms with Crippen molar-refractivity contribution in [2.45, 2.75) is 19.3 Å². The molecule has 128 valence electrons. The zero-order valence-electron chi connectivity index (χ0n) is 15.6. The molecule has 5 aromatic carbocycles. The maximum atomic E-state index is 2.40. The fraction of sp³-hybridized carbons (Fsp3) is 0.111. The molecule has 0 atom stereocenters.